The van der Waals surface area contributed by atoms with Gasteiger partial charge in [-0.3, -0.25) is 20.4 Å². The summed E-state index contributed by atoms with van der Waals surface area (Å²) in [5.41, 5.74) is 6.16. The van der Waals surface area contributed by atoms with Crippen molar-refractivity contribution >= 4 is 23.2 Å². The van der Waals surface area contributed by atoms with Crippen LogP contribution in [0.3, 0.4) is 0 Å². The lowest BCUT2D eigenvalue weighted by molar-refractivity contribution is 0.0847. The Balaban J connectivity index is 1.71. The summed E-state index contributed by atoms with van der Waals surface area (Å²) >= 11 is 1.28. The Morgan fingerprint density at radius 3 is 2.16 bits per heavy atom. The molecule has 2 aromatic carbocycles. The summed E-state index contributed by atoms with van der Waals surface area (Å²) in [4.78, 5) is 26.4. The van der Waals surface area contributed by atoms with Gasteiger partial charge in [-0.1, -0.05) is 30.3 Å². The Kier molecular flexibility index (Phi) is 7.15. The van der Waals surface area contributed by atoms with Crippen molar-refractivity contribution in [1.29, 1.82) is 0 Å². The monoisotopic (exact) mass is 440 g/mol. The van der Waals surface area contributed by atoms with E-state index in [-0.39, 0.29) is 6.10 Å². The van der Waals surface area contributed by atoms with Gasteiger partial charge in [0.15, 0.2) is 11.5 Å². The number of ether oxygens (including phenoxy) is 3. The minimum Gasteiger partial charge on any atom is -0.495 e. The van der Waals surface area contributed by atoms with Gasteiger partial charge >= 0.3 is 0 Å². The fourth-order valence-electron chi connectivity index (χ4n) is 2.83. The molecule has 3 aromatic rings. The molecule has 7 nitrogen and oxygen atoms in total. The first kappa shape index (κ1) is 22.2. The van der Waals surface area contributed by atoms with Crippen molar-refractivity contribution in [1.82, 2.24) is 10.9 Å². The highest BCUT2D eigenvalue weighted by Gasteiger charge is 2.19. The van der Waals surface area contributed by atoms with E-state index < -0.39 is 11.8 Å². The highest BCUT2D eigenvalue weighted by molar-refractivity contribution is 7.17. The molecule has 1 aromatic heterocycles. The van der Waals surface area contributed by atoms with Crippen molar-refractivity contribution in [3.63, 3.8) is 0 Å². The predicted molar refractivity (Wildman–Crippen MR) is 120 cm³/mol. The number of methoxy groups -OCH3 is 2. The van der Waals surface area contributed by atoms with E-state index in [0.29, 0.717) is 27.7 Å². The summed E-state index contributed by atoms with van der Waals surface area (Å²) in [6.07, 6.45) is -0.0329. The van der Waals surface area contributed by atoms with Gasteiger partial charge in [0.1, 0.15) is 10.6 Å². The number of amides is 2. The van der Waals surface area contributed by atoms with Crippen molar-refractivity contribution in [2.45, 2.75) is 20.0 Å². The van der Waals surface area contributed by atoms with Crippen LogP contribution in [0.4, 0.5) is 0 Å². The minimum atomic E-state index is -0.485. The van der Waals surface area contributed by atoms with Crippen LogP contribution in [0.2, 0.25) is 0 Å². The predicted octanol–water partition coefficient (Wildman–Crippen LogP) is 4.29. The van der Waals surface area contributed by atoms with Crippen LogP contribution in [0.25, 0.3) is 10.4 Å². The molecule has 0 aliphatic rings. The van der Waals surface area contributed by atoms with E-state index in [1.165, 1.54) is 25.6 Å². The highest BCUT2D eigenvalue weighted by atomic mass is 32.1. The first-order chi connectivity index (χ1) is 14.9. The summed E-state index contributed by atoms with van der Waals surface area (Å²) in [6, 6.07) is 16.3. The van der Waals surface area contributed by atoms with Gasteiger partial charge in [0.2, 0.25) is 0 Å². The van der Waals surface area contributed by atoms with Gasteiger partial charge in [0, 0.05) is 10.4 Å². The summed E-state index contributed by atoms with van der Waals surface area (Å²) < 4.78 is 16.3. The van der Waals surface area contributed by atoms with E-state index in [4.69, 9.17) is 14.2 Å². The van der Waals surface area contributed by atoms with Crippen LogP contribution >= 0.6 is 11.3 Å². The molecule has 0 fully saturated rings. The van der Waals surface area contributed by atoms with Gasteiger partial charge in [-0.15, -0.1) is 11.3 Å². The number of hydrogen-bond acceptors (Lipinski definition) is 6. The summed E-state index contributed by atoms with van der Waals surface area (Å²) in [7, 11) is 3.00. The number of carbonyl (C=O) groups excluding carboxylic acids is 2. The highest BCUT2D eigenvalue weighted by Crippen LogP contribution is 2.36. The Hall–Kier alpha value is -3.52. The Morgan fingerprint density at radius 1 is 0.839 bits per heavy atom. The molecule has 0 aliphatic carbocycles. The molecule has 2 N–H and O–H groups in total. The standard InChI is InChI=1S/C23H24N2O5S/c1-14(2)30-17-11-10-16(12-18(17)28-3)22(26)24-25-23(27)21-19(29-4)13-20(31-21)15-8-6-5-7-9-15/h5-14H,1-4H3,(H,24,26)(H,25,27). The zero-order valence-corrected chi connectivity index (χ0v) is 18.5. The SMILES string of the molecule is COc1cc(C(=O)NNC(=O)c2sc(-c3ccccc3)cc2OC)ccc1OC(C)C. The molecule has 0 saturated heterocycles. The smallest absolute Gasteiger partial charge is 0.283 e. The van der Waals surface area contributed by atoms with Crippen molar-refractivity contribution in [2.75, 3.05) is 14.2 Å². The zero-order valence-electron chi connectivity index (χ0n) is 17.7. The van der Waals surface area contributed by atoms with E-state index in [0.717, 1.165) is 10.4 Å². The molecule has 0 bridgehead atoms. The number of rotatable bonds is 7. The molecule has 0 atom stereocenters. The van der Waals surface area contributed by atoms with Crippen LogP contribution < -0.4 is 25.1 Å². The molecule has 1 heterocycles. The maximum Gasteiger partial charge on any atom is 0.283 e. The Morgan fingerprint density at radius 2 is 1.52 bits per heavy atom. The maximum absolute atomic E-state index is 12.7. The average Bonchev–Trinajstić information content (AvgIpc) is 3.22. The summed E-state index contributed by atoms with van der Waals surface area (Å²) in [6.45, 7) is 3.80. The van der Waals surface area contributed by atoms with Crippen LogP contribution in [0.5, 0.6) is 17.2 Å². The molecule has 31 heavy (non-hydrogen) atoms. The van der Waals surface area contributed by atoms with Crippen molar-refractivity contribution < 1.29 is 23.8 Å². The minimum absolute atomic E-state index is 0.0329. The Bertz CT molecular complexity index is 1060. The Labute approximate surface area is 184 Å². The molecule has 0 saturated carbocycles. The second kappa shape index (κ2) is 9.99. The maximum atomic E-state index is 12.7. The number of benzene rings is 2. The first-order valence-electron chi connectivity index (χ1n) is 9.61. The third-order valence-corrected chi connectivity index (χ3v) is 5.42. The average molecular weight is 441 g/mol. The number of hydrazine groups is 1. The number of carbonyl (C=O) groups is 2. The molecule has 0 spiro atoms. The second-order valence-electron chi connectivity index (χ2n) is 6.81. The van der Waals surface area contributed by atoms with E-state index in [9.17, 15) is 9.59 Å². The van der Waals surface area contributed by atoms with E-state index in [2.05, 4.69) is 10.9 Å². The zero-order chi connectivity index (χ0) is 22.4. The van der Waals surface area contributed by atoms with Gasteiger partial charge in [-0.25, -0.2) is 0 Å². The lowest BCUT2D eigenvalue weighted by Crippen LogP contribution is -2.41. The quantitative estimate of drug-likeness (QED) is 0.535. The molecule has 0 aliphatic heterocycles. The van der Waals surface area contributed by atoms with Crippen molar-refractivity contribution in [3.8, 4) is 27.7 Å². The summed E-state index contributed by atoms with van der Waals surface area (Å²) in [5, 5.41) is 0. The largest absolute Gasteiger partial charge is 0.495 e. The van der Waals surface area contributed by atoms with E-state index in [1.54, 1.807) is 24.3 Å². The van der Waals surface area contributed by atoms with Crippen LogP contribution in [-0.2, 0) is 0 Å². The van der Waals surface area contributed by atoms with Gasteiger partial charge < -0.3 is 14.2 Å². The topological polar surface area (TPSA) is 85.9 Å². The van der Waals surface area contributed by atoms with Crippen molar-refractivity contribution in [3.05, 3.63) is 65.0 Å². The fraction of sp³-hybridized carbons (Fsp3) is 0.217. The van der Waals surface area contributed by atoms with Gasteiger partial charge in [-0.05, 0) is 43.7 Å². The summed E-state index contributed by atoms with van der Waals surface area (Å²) in [5.74, 6) is 0.452. The molecule has 0 unspecified atom stereocenters. The molecule has 3 rings (SSSR count). The van der Waals surface area contributed by atoms with Gasteiger partial charge in [0.25, 0.3) is 11.8 Å². The molecule has 8 heteroatoms. The van der Waals surface area contributed by atoms with Gasteiger partial charge in [-0.2, -0.15) is 0 Å². The molecular weight excluding hydrogens is 416 g/mol. The first-order valence-corrected chi connectivity index (χ1v) is 10.4. The van der Waals surface area contributed by atoms with E-state index >= 15 is 0 Å². The fourth-order valence-corrected chi connectivity index (χ4v) is 3.86. The van der Waals surface area contributed by atoms with Crippen LogP contribution in [0.15, 0.2) is 54.6 Å². The second-order valence-corrected chi connectivity index (χ2v) is 7.87. The van der Waals surface area contributed by atoms with Crippen LogP contribution in [0, 0.1) is 0 Å². The van der Waals surface area contributed by atoms with E-state index in [1.807, 2.05) is 44.2 Å². The van der Waals surface area contributed by atoms with Crippen molar-refractivity contribution in [2.24, 2.45) is 0 Å². The molecular formula is C23H24N2O5S. The lowest BCUT2D eigenvalue weighted by atomic mass is 10.2. The third-order valence-electron chi connectivity index (χ3n) is 4.26. The number of nitrogens with one attached hydrogen (secondary N) is 2. The molecule has 2 amide bonds. The van der Waals surface area contributed by atoms with Gasteiger partial charge in [0.05, 0.1) is 20.3 Å². The normalized spacial score (nSPS) is 10.5. The van der Waals surface area contributed by atoms with Crippen LogP contribution in [0.1, 0.15) is 33.9 Å². The molecule has 162 valence electrons. The number of hydrogen-bond donors (Lipinski definition) is 2. The number of thiophene rings is 1. The molecule has 0 radical (unpaired) electrons. The third kappa shape index (κ3) is 5.35. The lowest BCUT2D eigenvalue weighted by Gasteiger charge is -2.14. The van der Waals surface area contributed by atoms with Crippen LogP contribution in [-0.4, -0.2) is 32.1 Å².